The quantitative estimate of drug-likeness (QED) is 0.396. The Morgan fingerprint density at radius 1 is 1.21 bits per heavy atom. The van der Waals surface area contributed by atoms with Gasteiger partial charge in [0.2, 0.25) is 0 Å². The first kappa shape index (κ1) is 20.4. The summed E-state index contributed by atoms with van der Waals surface area (Å²) in [5.41, 5.74) is 11.8. The fraction of sp³-hybridized carbons (Fsp3) is 0.125. The summed E-state index contributed by atoms with van der Waals surface area (Å²) in [7, 11) is 0. The number of nitrogens with zero attached hydrogens (tertiary/aromatic N) is 6. The lowest BCUT2D eigenvalue weighted by Crippen LogP contribution is -2.23. The first-order valence-electron chi connectivity index (χ1n) is 10.5. The molecule has 0 unspecified atom stereocenters. The van der Waals surface area contributed by atoms with Gasteiger partial charge in [-0.05, 0) is 50.1 Å². The van der Waals surface area contributed by atoms with E-state index in [4.69, 9.17) is 10.7 Å². The molecule has 0 saturated carbocycles. The van der Waals surface area contributed by atoms with Crippen LogP contribution in [0, 0.1) is 6.92 Å². The number of fused-ring (bicyclic) bond motifs is 1. The maximum atomic E-state index is 5.86. The van der Waals surface area contributed by atoms with Gasteiger partial charge in [-0.2, -0.15) is 5.10 Å². The third-order valence-electron chi connectivity index (χ3n) is 5.40. The summed E-state index contributed by atoms with van der Waals surface area (Å²) >= 11 is 0. The number of pyridine rings is 2. The molecule has 0 amide bonds. The minimum Gasteiger partial charge on any atom is -0.397 e. The van der Waals surface area contributed by atoms with E-state index in [0.717, 1.165) is 44.1 Å². The fourth-order valence-corrected chi connectivity index (χ4v) is 3.70. The first-order valence-corrected chi connectivity index (χ1v) is 10.5. The number of allylic oxidation sites excluding steroid dienone is 2. The molecule has 9 heteroatoms. The number of imidazole rings is 2. The first-order chi connectivity index (χ1) is 16.0. The topological polar surface area (TPSA) is 127 Å². The summed E-state index contributed by atoms with van der Waals surface area (Å²) in [6.07, 6.45) is 14.9. The van der Waals surface area contributed by atoms with Crippen molar-refractivity contribution in [2.24, 2.45) is 0 Å². The van der Waals surface area contributed by atoms with E-state index in [1.807, 2.05) is 61.9 Å². The van der Waals surface area contributed by atoms with E-state index in [1.165, 1.54) is 0 Å². The van der Waals surface area contributed by atoms with Crippen LogP contribution in [0.5, 0.6) is 0 Å². The molecule has 5 aromatic heterocycles. The van der Waals surface area contributed by atoms with Crippen molar-refractivity contribution >= 4 is 34.4 Å². The van der Waals surface area contributed by atoms with Gasteiger partial charge in [0.15, 0.2) is 11.6 Å². The van der Waals surface area contributed by atoms with Gasteiger partial charge in [-0.1, -0.05) is 12.2 Å². The highest BCUT2D eigenvalue weighted by Crippen LogP contribution is 2.21. The van der Waals surface area contributed by atoms with Crippen molar-refractivity contribution in [2.45, 2.75) is 20.8 Å². The second kappa shape index (κ2) is 8.19. The number of H-pyrrole nitrogens is 2. The molecule has 164 valence electrons. The van der Waals surface area contributed by atoms with Gasteiger partial charge in [-0.25, -0.2) is 15.0 Å². The van der Waals surface area contributed by atoms with E-state index in [0.29, 0.717) is 17.3 Å². The number of anilines is 1. The van der Waals surface area contributed by atoms with E-state index in [1.54, 1.807) is 24.9 Å². The molecule has 0 aliphatic heterocycles. The lowest BCUT2D eigenvalue weighted by Gasteiger charge is -2.00. The molecule has 0 fully saturated rings. The highest BCUT2D eigenvalue weighted by molar-refractivity contribution is 5.84. The molecule has 0 aliphatic carbocycles. The monoisotopic (exact) mass is 437 g/mol. The van der Waals surface area contributed by atoms with Crippen LogP contribution in [0.2, 0.25) is 0 Å². The lowest BCUT2D eigenvalue weighted by molar-refractivity contribution is 1.00. The molecule has 5 rings (SSSR count). The molecular formula is C24H23N9. The summed E-state index contributed by atoms with van der Waals surface area (Å²) in [5.74, 6) is 1.38. The number of aryl methyl sites for hydroxylation is 1. The number of rotatable bonds is 4. The number of aromatic amines is 2. The van der Waals surface area contributed by atoms with Crippen molar-refractivity contribution in [1.29, 1.82) is 0 Å². The van der Waals surface area contributed by atoms with Gasteiger partial charge in [-0.3, -0.25) is 14.6 Å². The van der Waals surface area contributed by atoms with Crippen LogP contribution in [0.3, 0.4) is 0 Å². The summed E-state index contributed by atoms with van der Waals surface area (Å²) in [5, 5.41) is 9.50. The molecular weight excluding hydrogens is 414 g/mol. The van der Waals surface area contributed by atoms with E-state index in [-0.39, 0.29) is 0 Å². The van der Waals surface area contributed by atoms with E-state index < -0.39 is 0 Å². The van der Waals surface area contributed by atoms with Crippen LogP contribution in [0.15, 0.2) is 49.3 Å². The summed E-state index contributed by atoms with van der Waals surface area (Å²) < 4.78 is 1.87. The van der Waals surface area contributed by atoms with Crippen LogP contribution in [0.1, 0.15) is 25.1 Å². The van der Waals surface area contributed by atoms with Crippen LogP contribution in [0.4, 0.5) is 5.69 Å². The van der Waals surface area contributed by atoms with Crippen LogP contribution in [0.25, 0.3) is 46.1 Å². The third-order valence-corrected chi connectivity index (χ3v) is 5.40. The zero-order chi connectivity index (χ0) is 22.9. The summed E-state index contributed by atoms with van der Waals surface area (Å²) in [6.45, 7) is 5.94. The van der Waals surface area contributed by atoms with Crippen LogP contribution >= 0.6 is 0 Å². The normalized spacial score (nSPS) is 13.4. The zero-order valence-corrected chi connectivity index (χ0v) is 18.5. The Hall–Kier alpha value is -4.53. The summed E-state index contributed by atoms with van der Waals surface area (Å²) in [6, 6.07) is 3.81. The van der Waals surface area contributed by atoms with Gasteiger partial charge < -0.3 is 10.7 Å². The Kier molecular flexibility index (Phi) is 5.06. The summed E-state index contributed by atoms with van der Waals surface area (Å²) in [4.78, 5) is 21.2. The minimum absolute atomic E-state index is 0.635. The zero-order valence-electron chi connectivity index (χ0n) is 18.5. The highest BCUT2D eigenvalue weighted by atomic mass is 15.1. The lowest BCUT2D eigenvalue weighted by atomic mass is 10.1. The minimum atomic E-state index is 0.635. The average molecular weight is 438 g/mol. The Morgan fingerprint density at radius 3 is 2.85 bits per heavy atom. The van der Waals surface area contributed by atoms with Crippen molar-refractivity contribution in [3.05, 3.63) is 71.1 Å². The molecule has 9 nitrogen and oxygen atoms in total. The fourth-order valence-electron chi connectivity index (χ4n) is 3.70. The van der Waals surface area contributed by atoms with Gasteiger partial charge in [0.25, 0.3) is 0 Å². The molecule has 33 heavy (non-hydrogen) atoms. The number of hydrogen-bond acceptors (Lipinski definition) is 6. The Morgan fingerprint density at radius 2 is 2.09 bits per heavy atom. The number of nitrogen functional groups attached to an aromatic ring is 1. The standard InChI is InChI=1S/C24H23N9/c1-4-18-19(6-5-14(2)16-9-17(25)11-26-10-16)31-32-21(18)23-29-20-7-8-27-24(22(20)30-23)33-12-15(3)28-13-33/h4-13,31H,25H2,1-3H3,(H,29,30)/b14-5+,18-4-,19-6+. The maximum absolute atomic E-state index is 5.86. The number of nitrogens with two attached hydrogens (primary N) is 1. The maximum Gasteiger partial charge on any atom is 0.166 e. The Balaban J connectivity index is 1.58. The third kappa shape index (κ3) is 3.80. The van der Waals surface area contributed by atoms with Crippen LogP contribution < -0.4 is 16.3 Å². The SMILES string of the molecule is C\C=c1/c(-c2nc3c(-n4cnc(C)c4)nccc3[nH]2)n[nH]/c1=C/C=C(\C)c1cncc(N)c1. The molecule has 0 aromatic carbocycles. The van der Waals surface area contributed by atoms with Gasteiger partial charge in [0.1, 0.15) is 17.5 Å². The molecule has 0 aliphatic rings. The van der Waals surface area contributed by atoms with E-state index >= 15 is 0 Å². The van der Waals surface area contributed by atoms with Gasteiger partial charge in [0, 0.05) is 30.0 Å². The predicted molar refractivity (Wildman–Crippen MR) is 129 cm³/mol. The molecule has 5 heterocycles. The van der Waals surface area contributed by atoms with Gasteiger partial charge >= 0.3 is 0 Å². The van der Waals surface area contributed by atoms with Crippen molar-refractivity contribution in [3.63, 3.8) is 0 Å². The molecule has 0 bridgehead atoms. The van der Waals surface area contributed by atoms with Crippen LogP contribution in [-0.4, -0.2) is 39.7 Å². The smallest absolute Gasteiger partial charge is 0.166 e. The number of nitrogens with one attached hydrogen (secondary N) is 2. The van der Waals surface area contributed by atoms with Crippen molar-refractivity contribution in [2.75, 3.05) is 5.73 Å². The number of hydrogen-bond donors (Lipinski definition) is 3. The second-order valence-corrected chi connectivity index (χ2v) is 7.75. The van der Waals surface area contributed by atoms with Crippen LogP contribution in [-0.2, 0) is 0 Å². The molecule has 0 atom stereocenters. The molecule has 0 saturated heterocycles. The van der Waals surface area contributed by atoms with Crippen molar-refractivity contribution < 1.29 is 0 Å². The van der Waals surface area contributed by atoms with Crippen molar-refractivity contribution in [3.8, 4) is 17.3 Å². The average Bonchev–Trinajstić information content (AvgIpc) is 3.54. The second-order valence-electron chi connectivity index (χ2n) is 7.75. The Labute approximate surface area is 189 Å². The van der Waals surface area contributed by atoms with Gasteiger partial charge in [0.05, 0.1) is 22.2 Å². The van der Waals surface area contributed by atoms with E-state index in [9.17, 15) is 0 Å². The largest absolute Gasteiger partial charge is 0.397 e. The molecule has 5 aromatic rings. The van der Waals surface area contributed by atoms with Crippen molar-refractivity contribution in [1.82, 2.24) is 39.7 Å². The Bertz CT molecular complexity index is 1620. The van der Waals surface area contributed by atoms with Gasteiger partial charge in [-0.15, -0.1) is 0 Å². The molecule has 4 N–H and O–H groups in total. The molecule has 0 spiro atoms. The molecule has 0 radical (unpaired) electrons. The van der Waals surface area contributed by atoms with E-state index in [2.05, 4.69) is 30.1 Å². The highest BCUT2D eigenvalue weighted by Gasteiger charge is 2.14. The number of aromatic nitrogens is 8. The predicted octanol–water partition coefficient (Wildman–Crippen LogP) is 2.50.